The van der Waals surface area contributed by atoms with Crippen LogP contribution in [0.15, 0.2) is 0 Å². The normalized spacial score (nSPS) is 62.5. The Morgan fingerprint density at radius 2 is 1.67 bits per heavy atom. The summed E-state index contributed by atoms with van der Waals surface area (Å²) in [5.41, 5.74) is -0.719. The molecule has 0 aromatic rings. The van der Waals surface area contributed by atoms with Gasteiger partial charge in [-0.2, -0.15) is 0 Å². The molecule has 2 unspecified atom stereocenters. The highest BCUT2D eigenvalue weighted by atomic mass is 19.1. The second-order valence-corrected chi connectivity index (χ2v) is 5.48. The van der Waals surface area contributed by atoms with E-state index in [1.807, 2.05) is 0 Å². The summed E-state index contributed by atoms with van der Waals surface area (Å²) in [7, 11) is 0. The molecule has 0 nitrogen and oxygen atoms in total. The van der Waals surface area contributed by atoms with Gasteiger partial charge in [0.1, 0.15) is 5.67 Å². The largest absolute Gasteiger partial charge is 0.244 e. The Hall–Kier alpha value is -0.0700. The van der Waals surface area contributed by atoms with Gasteiger partial charge in [0.05, 0.1) is 0 Å². The Morgan fingerprint density at radius 3 is 2.17 bits per heavy atom. The van der Waals surface area contributed by atoms with Crippen molar-refractivity contribution < 1.29 is 4.39 Å². The van der Waals surface area contributed by atoms with Crippen LogP contribution in [0, 0.1) is 23.7 Å². The predicted octanol–water partition coefficient (Wildman–Crippen LogP) is 3.17. The first kappa shape index (κ1) is 7.34. The van der Waals surface area contributed by atoms with E-state index >= 15 is 0 Å². The molecule has 0 heterocycles. The molecule has 0 saturated heterocycles. The van der Waals surface area contributed by atoms with Crippen molar-refractivity contribution in [3.8, 4) is 0 Å². The second-order valence-electron chi connectivity index (χ2n) is 5.48. The first-order valence-corrected chi connectivity index (χ1v) is 5.35. The van der Waals surface area contributed by atoms with Gasteiger partial charge in [-0.1, -0.05) is 6.92 Å². The topological polar surface area (TPSA) is 0 Å². The molecule has 4 aliphatic rings. The maximum absolute atomic E-state index is 14.1. The summed E-state index contributed by atoms with van der Waals surface area (Å²) >= 11 is 0. The zero-order chi connectivity index (χ0) is 8.34. The van der Waals surface area contributed by atoms with Crippen LogP contribution in [-0.2, 0) is 0 Å². The van der Waals surface area contributed by atoms with E-state index in [2.05, 4.69) is 6.92 Å². The standard InChI is InChI=1S/C11H17F/c1-7-9-2-8-3-10(7)6-11(12,4-8)5-9/h7-10H,2-6H2,1H3. The van der Waals surface area contributed by atoms with Gasteiger partial charge in [-0.05, 0) is 55.8 Å². The van der Waals surface area contributed by atoms with Gasteiger partial charge in [-0.3, -0.25) is 0 Å². The molecule has 0 aliphatic heterocycles. The first-order chi connectivity index (χ1) is 5.66. The molecule has 4 rings (SSSR count). The van der Waals surface area contributed by atoms with Crippen LogP contribution in [-0.4, -0.2) is 5.67 Å². The summed E-state index contributed by atoms with van der Waals surface area (Å²) in [6, 6.07) is 0. The van der Waals surface area contributed by atoms with Crippen molar-refractivity contribution in [1.29, 1.82) is 0 Å². The lowest BCUT2D eigenvalue weighted by atomic mass is 9.51. The van der Waals surface area contributed by atoms with E-state index in [4.69, 9.17) is 0 Å². The molecular weight excluding hydrogens is 151 g/mol. The van der Waals surface area contributed by atoms with Gasteiger partial charge < -0.3 is 0 Å². The third-order valence-corrected chi connectivity index (χ3v) is 4.67. The lowest BCUT2D eigenvalue weighted by Gasteiger charge is -2.56. The zero-order valence-electron chi connectivity index (χ0n) is 7.72. The summed E-state index contributed by atoms with van der Waals surface area (Å²) in [5.74, 6) is 3.05. The average Bonchev–Trinajstić information content (AvgIpc) is 1.96. The molecule has 1 heteroatoms. The molecule has 4 fully saturated rings. The van der Waals surface area contributed by atoms with Gasteiger partial charge in [0.15, 0.2) is 0 Å². The minimum atomic E-state index is -0.719. The van der Waals surface area contributed by atoms with Gasteiger partial charge in [0.2, 0.25) is 0 Å². The summed E-state index contributed by atoms with van der Waals surface area (Å²) < 4.78 is 14.1. The fourth-order valence-corrected chi connectivity index (χ4v) is 4.18. The highest BCUT2D eigenvalue weighted by Gasteiger charge is 2.54. The lowest BCUT2D eigenvalue weighted by Crippen LogP contribution is -2.51. The van der Waals surface area contributed by atoms with Gasteiger partial charge in [-0.15, -0.1) is 0 Å². The van der Waals surface area contributed by atoms with Gasteiger partial charge in [0, 0.05) is 0 Å². The van der Waals surface area contributed by atoms with Crippen molar-refractivity contribution in [3.63, 3.8) is 0 Å². The smallest absolute Gasteiger partial charge is 0.111 e. The molecule has 68 valence electrons. The minimum Gasteiger partial charge on any atom is -0.244 e. The molecule has 0 amide bonds. The van der Waals surface area contributed by atoms with Gasteiger partial charge in [0.25, 0.3) is 0 Å². The fourth-order valence-electron chi connectivity index (χ4n) is 4.18. The van der Waals surface area contributed by atoms with E-state index in [1.165, 1.54) is 12.8 Å². The molecule has 0 aromatic carbocycles. The summed E-state index contributed by atoms with van der Waals surface area (Å²) in [4.78, 5) is 0. The third-order valence-electron chi connectivity index (χ3n) is 4.67. The molecule has 0 aromatic heterocycles. The highest BCUT2D eigenvalue weighted by Crippen LogP contribution is 2.59. The second kappa shape index (κ2) is 2.05. The summed E-state index contributed by atoms with van der Waals surface area (Å²) in [6.07, 6.45) is 5.35. The molecule has 0 spiro atoms. The minimum absolute atomic E-state index is 0.719. The Morgan fingerprint density at radius 1 is 1.08 bits per heavy atom. The first-order valence-electron chi connectivity index (χ1n) is 5.35. The van der Waals surface area contributed by atoms with E-state index in [1.54, 1.807) is 0 Å². The molecule has 0 radical (unpaired) electrons. The van der Waals surface area contributed by atoms with E-state index in [9.17, 15) is 4.39 Å². The maximum atomic E-state index is 14.1. The van der Waals surface area contributed by atoms with Crippen molar-refractivity contribution in [3.05, 3.63) is 0 Å². The van der Waals surface area contributed by atoms with E-state index < -0.39 is 5.67 Å². The summed E-state index contributed by atoms with van der Waals surface area (Å²) in [6.45, 7) is 2.34. The van der Waals surface area contributed by atoms with Crippen LogP contribution in [0.2, 0.25) is 0 Å². The van der Waals surface area contributed by atoms with E-state index in [0.29, 0.717) is 0 Å². The Balaban J connectivity index is 1.95. The van der Waals surface area contributed by atoms with E-state index in [-0.39, 0.29) is 0 Å². The molecule has 12 heavy (non-hydrogen) atoms. The predicted molar refractivity (Wildman–Crippen MR) is 46.6 cm³/mol. The quantitative estimate of drug-likeness (QED) is 0.521. The lowest BCUT2D eigenvalue weighted by molar-refractivity contribution is -0.104. The number of hydrogen-bond acceptors (Lipinski definition) is 0. The Bertz CT molecular complexity index is 195. The number of rotatable bonds is 0. The third kappa shape index (κ3) is 0.828. The molecule has 0 N–H and O–H groups in total. The molecular formula is C11H17F. The van der Waals surface area contributed by atoms with Crippen molar-refractivity contribution in [2.45, 2.75) is 44.7 Å². The Kier molecular flexibility index (Phi) is 1.25. The van der Waals surface area contributed by atoms with Crippen LogP contribution in [0.1, 0.15) is 39.0 Å². The number of halogens is 1. The van der Waals surface area contributed by atoms with Gasteiger partial charge in [-0.25, -0.2) is 4.39 Å². The fraction of sp³-hybridized carbons (Fsp3) is 1.00. The van der Waals surface area contributed by atoms with Crippen molar-refractivity contribution in [1.82, 2.24) is 0 Å². The molecule has 4 bridgehead atoms. The van der Waals surface area contributed by atoms with E-state index in [0.717, 1.165) is 42.9 Å². The van der Waals surface area contributed by atoms with Crippen LogP contribution >= 0.6 is 0 Å². The van der Waals surface area contributed by atoms with Gasteiger partial charge >= 0.3 is 0 Å². The van der Waals surface area contributed by atoms with Crippen molar-refractivity contribution in [2.75, 3.05) is 0 Å². The Labute approximate surface area is 73.5 Å². The highest BCUT2D eigenvalue weighted by molar-refractivity contribution is 5.04. The molecule has 4 saturated carbocycles. The van der Waals surface area contributed by atoms with Crippen LogP contribution in [0.4, 0.5) is 4.39 Å². The zero-order valence-corrected chi connectivity index (χ0v) is 7.72. The van der Waals surface area contributed by atoms with Crippen LogP contribution in [0.5, 0.6) is 0 Å². The maximum Gasteiger partial charge on any atom is 0.111 e. The monoisotopic (exact) mass is 168 g/mol. The van der Waals surface area contributed by atoms with Crippen molar-refractivity contribution in [2.24, 2.45) is 23.7 Å². The SMILES string of the molecule is CC1C2CC3CC1CC(F)(C3)C2. The molecule has 2 atom stereocenters. The van der Waals surface area contributed by atoms with Crippen LogP contribution in [0.3, 0.4) is 0 Å². The van der Waals surface area contributed by atoms with Crippen LogP contribution < -0.4 is 0 Å². The molecule has 4 aliphatic carbocycles. The number of alkyl halides is 1. The number of hydrogen-bond donors (Lipinski definition) is 0. The van der Waals surface area contributed by atoms with Crippen molar-refractivity contribution >= 4 is 0 Å². The van der Waals surface area contributed by atoms with Crippen LogP contribution in [0.25, 0.3) is 0 Å². The average molecular weight is 168 g/mol. The summed E-state index contributed by atoms with van der Waals surface area (Å²) in [5, 5.41) is 0.